The van der Waals surface area contributed by atoms with Crippen LogP contribution in [0, 0.1) is 0 Å². The highest BCUT2D eigenvalue weighted by molar-refractivity contribution is 6.00. The molecule has 2 saturated carbocycles. The van der Waals surface area contributed by atoms with Crippen LogP contribution in [0.3, 0.4) is 0 Å². The van der Waals surface area contributed by atoms with Crippen molar-refractivity contribution in [1.29, 1.82) is 0 Å². The maximum Gasteiger partial charge on any atom is 0.236 e. The number of nitrogens with one attached hydrogen (secondary N) is 2. The molecule has 1 aromatic carbocycles. The first kappa shape index (κ1) is 11.7. The molecule has 0 unspecified atom stereocenters. The average Bonchev–Trinajstić information content (AvgIpc) is 3.39. The minimum Gasteiger partial charge on any atom is -0.308 e. The molecule has 0 saturated heterocycles. The zero-order valence-electron chi connectivity index (χ0n) is 11.2. The minimum atomic E-state index is -0.333. The molecule has 0 radical (unpaired) electrons. The third-order valence-corrected chi connectivity index (χ3v) is 4.37. The molecule has 102 valence electrons. The van der Waals surface area contributed by atoms with Gasteiger partial charge >= 0.3 is 0 Å². The molecule has 2 aliphatic carbocycles. The van der Waals surface area contributed by atoms with Crippen molar-refractivity contribution in [1.82, 2.24) is 10.2 Å². The van der Waals surface area contributed by atoms with Gasteiger partial charge in [0.1, 0.15) is 0 Å². The second-order valence-corrected chi connectivity index (χ2v) is 5.89. The van der Waals surface area contributed by atoms with Gasteiger partial charge in [0.2, 0.25) is 5.91 Å². The highest BCUT2D eigenvalue weighted by Crippen LogP contribution is 2.49. The van der Waals surface area contributed by atoms with Crippen LogP contribution in [-0.4, -0.2) is 16.1 Å². The van der Waals surface area contributed by atoms with Gasteiger partial charge in [-0.3, -0.25) is 9.89 Å². The fraction of sp³-hybridized carbons (Fsp3) is 0.375. The van der Waals surface area contributed by atoms with E-state index in [-0.39, 0.29) is 11.3 Å². The molecule has 20 heavy (non-hydrogen) atoms. The van der Waals surface area contributed by atoms with E-state index in [0.29, 0.717) is 11.7 Å². The van der Waals surface area contributed by atoms with Crippen LogP contribution < -0.4 is 5.32 Å². The van der Waals surface area contributed by atoms with Crippen molar-refractivity contribution < 1.29 is 4.79 Å². The van der Waals surface area contributed by atoms with Crippen molar-refractivity contribution in [3.8, 4) is 0 Å². The van der Waals surface area contributed by atoms with Crippen LogP contribution in [-0.2, 0) is 10.2 Å². The number of carbonyl (C=O) groups is 1. The predicted octanol–water partition coefficient (Wildman–Crippen LogP) is 2.96. The van der Waals surface area contributed by atoms with E-state index in [9.17, 15) is 4.79 Å². The summed E-state index contributed by atoms with van der Waals surface area (Å²) in [4.78, 5) is 12.5. The number of carbonyl (C=O) groups excluding carboxylic acids is 1. The standard InChI is InChI=1S/C16H17N3O/c20-15(16(8-9-16)12-4-2-1-3-5-12)17-14-10-13(18-19-14)11-6-7-11/h1-5,10-11H,6-9H2,(H2,17,18,19,20). The summed E-state index contributed by atoms with van der Waals surface area (Å²) in [6, 6.07) is 12.0. The number of nitrogens with zero attached hydrogens (tertiary/aromatic N) is 1. The monoisotopic (exact) mass is 267 g/mol. The quantitative estimate of drug-likeness (QED) is 0.894. The van der Waals surface area contributed by atoms with Crippen LogP contribution in [0.1, 0.15) is 42.9 Å². The first-order valence-electron chi connectivity index (χ1n) is 7.20. The van der Waals surface area contributed by atoms with Gasteiger partial charge in [-0.05, 0) is 31.2 Å². The molecular weight excluding hydrogens is 250 g/mol. The molecule has 0 bridgehead atoms. The van der Waals surface area contributed by atoms with E-state index in [0.717, 1.165) is 24.1 Å². The van der Waals surface area contributed by atoms with Crippen LogP contribution >= 0.6 is 0 Å². The van der Waals surface area contributed by atoms with E-state index in [4.69, 9.17) is 0 Å². The van der Waals surface area contributed by atoms with E-state index in [1.165, 1.54) is 12.8 Å². The second-order valence-electron chi connectivity index (χ2n) is 5.89. The SMILES string of the molecule is O=C(Nc1cc(C2CC2)[nH]n1)C1(c2ccccc2)CC1. The van der Waals surface area contributed by atoms with Gasteiger partial charge in [0, 0.05) is 17.7 Å². The summed E-state index contributed by atoms with van der Waals surface area (Å²) in [5.41, 5.74) is 1.92. The Labute approximate surface area is 117 Å². The lowest BCUT2D eigenvalue weighted by Gasteiger charge is -2.14. The Hall–Kier alpha value is -2.10. The van der Waals surface area contributed by atoms with Gasteiger partial charge in [-0.2, -0.15) is 5.10 Å². The predicted molar refractivity (Wildman–Crippen MR) is 76.5 cm³/mol. The topological polar surface area (TPSA) is 57.8 Å². The molecule has 2 aromatic rings. The van der Waals surface area contributed by atoms with E-state index >= 15 is 0 Å². The third kappa shape index (κ3) is 1.92. The lowest BCUT2D eigenvalue weighted by molar-refractivity contribution is -0.118. The fourth-order valence-corrected chi connectivity index (χ4v) is 2.77. The zero-order valence-corrected chi connectivity index (χ0v) is 11.2. The molecule has 2 fully saturated rings. The number of hydrogen-bond donors (Lipinski definition) is 2. The van der Waals surface area contributed by atoms with Gasteiger partial charge in [-0.25, -0.2) is 0 Å². The third-order valence-electron chi connectivity index (χ3n) is 4.37. The smallest absolute Gasteiger partial charge is 0.236 e. The first-order valence-corrected chi connectivity index (χ1v) is 7.20. The number of rotatable bonds is 4. The van der Waals surface area contributed by atoms with Crippen molar-refractivity contribution in [3.05, 3.63) is 47.7 Å². The number of aromatic amines is 1. The number of hydrogen-bond acceptors (Lipinski definition) is 2. The summed E-state index contributed by atoms with van der Waals surface area (Å²) >= 11 is 0. The maximum atomic E-state index is 12.5. The highest BCUT2D eigenvalue weighted by atomic mass is 16.2. The van der Waals surface area contributed by atoms with Crippen LogP contribution in [0.4, 0.5) is 5.82 Å². The Bertz CT molecular complexity index is 639. The van der Waals surface area contributed by atoms with Gasteiger partial charge < -0.3 is 5.32 Å². The van der Waals surface area contributed by atoms with Crippen LogP contribution in [0.5, 0.6) is 0 Å². The lowest BCUT2D eigenvalue weighted by Crippen LogP contribution is -2.27. The lowest BCUT2D eigenvalue weighted by atomic mass is 9.95. The Morgan fingerprint density at radius 3 is 2.65 bits per heavy atom. The molecule has 2 aliphatic rings. The number of anilines is 1. The molecule has 0 aliphatic heterocycles. The highest BCUT2D eigenvalue weighted by Gasteiger charge is 2.51. The Kier molecular flexibility index (Phi) is 2.46. The van der Waals surface area contributed by atoms with E-state index in [2.05, 4.69) is 15.5 Å². The van der Waals surface area contributed by atoms with Gasteiger partial charge in [-0.15, -0.1) is 0 Å². The van der Waals surface area contributed by atoms with Gasteiger partial charge in [0.05, 0.1) is 5.41 Å². The molecule has 4 rings (SSSR count). The van der Waals surface area contributed by atoms with Crippen molar-refractivity contribution in [2.75, 3.05) is 5.32 Å². The molecule has 1 amide bonds. The maximum absolute atomic E-state index is 12.5. The summed E-state index contributed by atoms with van der Waals surface area (Å²) in [7, 11) is 0. The molecule has 1 aromatic heterocycles. The Balaban J connectivity index is 1.52. The van der Waals surface area contributed by atoms with Crippen molar-refractivity contribution in [2.45, 2.75) is 37.0 Å². The van der Waals surface area contributed by atoms with Crippen LogP contribution in [0.2, 0.25) is 0 Å². The first-order chi connectivity index (χ1) is 9.78. The van der Waals surface area contributed by atoms with Gasteiger partial charge in [0.25, 0.3) is 0 Å². The summed E-state index contributed by atoms with van der Waals surface area (Å²) < 4.78 is 0. The van der Waals surface area contributed by atoms with Crippen LogP contribution in [0.25, 0.3) is 0 Å². The van der Waals surface area contributed by atoms with Crippen molar-refractivity contribution in [3.63, 3.8) is 0 Å². The average molecular weight is 267 g/mol. The summed E-state index contributed by atoms with van der Waals surface area (Å²) in [6.45, 7) is 0. The molecule has 4 heteroatoms. The number of H-pyrrole nitrogens is 1. The number of amides is 1. The van der Waals surface area contributed by atoms with Gasteiger partial charge in [-0.1, -0.05) is 30.3 Å². The molecular formula is C16H17N3O. The minimum absolute atomic E-state index is 0.0672. The second kappa shape index (κ2) is 4.20. The van der Waals surface area contributed by atoms with Crippen molar-refractivity contribution in [2.24, 2.45) is 0 Å². The van der Waals surface area contributed by atoms with E-state index in [1.54, 1.807) is 0 Å². The molecule has 4 nitrogen and oxygen atoms in total. The molecule has 2 N–H and O–H groups in total. The Morgan fingerprint density at radius 2 is 2.00 bits per heavy atom. The van der Waals surface area contributed by atoms with Crippen LogP contribution in [0.15, 0.2) is 36.4 Å². The Morgan fingerprint density at radius 1 is 1.25 bits per heavy atom. The number of benzene rings is 1. The zero-order chi connectivity index (χ0) is 13.6. The van der Waals surface area contributed by atoms with Crippen molar-refractivity contribution >= 4 is 11.7 Å². The molecule has 0 atom stereocenters. The summed E-state index contributed by atoms with van der Waals surface area (Å²) in [6.07, 6.45) is 4.29. The molecule has 0 spiro atoms. The summed E-state index contributed by atoms with van der Waals surface area (Å²) in [5, 5.41) is 10.2. The largest absolute Gasteiger partial charge is 0.308 e. The number of aromatic nitrogens is 2. The summed E-state index contributed by atoms with van der Waals surface area (Å²) in [5.74, 6) is 1.34. The van der Waals surface area contributed by atoms with E-state index < -0.39 is 0 Å². The normalized spacial score (nSPS) is 19.6. The molecule has 1 heterocycles. The fourth-order valence-electron chi connectivity index (χ4n) is 2.77. The van der Waals surface area contributed by atoms with Gasteiger partial charge in [0.15, 0.2) is 5.82 Å². The van der Waals surface area contributed by atoms with E-state index in [1.807, 2.05) is 36.4 Å².